The fraction of sp³-hybridized carbons (Fsp3) is 0.870. The molecule has 0 aromatic heterocycles. The minimum Gasteiger partial charge on any atom is -0.549 e. The summed E-state index contributed by atoms with van der Waals surface area (Å²) in [5.41, 5.74) is 0.662. The molecule has 3 heteroatoms. The van der Waals surface area contributed by atoms with Crippen LogP contribution in [0.3, 0.4) is 0 Å². The highest BCUT2D eigenvalue weighted by Gasteiger charge is 2.59. The third-order valence-corrected chi connectivity index (χ3v) is 9.58. The maximum absolute atomic E-state index is 11.6. The number of rotatable bonds is 2. The Morgan fingerprint density at radius 3 is 2.50 bits per heavy atom. The summed E-state index contributed by atoms with van der Waals surface area (Å²) in [6.07, 6.45) is 11.1. The molecule has 0 unspecified atom stereocenters. The molecule has 0 aliphatic heterocycles. The summed E-state index contributed by atoms with van der Waals surface area (Å²) < 4.78 is 0. The van der Waals surface area contributed by atoms with E-state index in [0.717, 1.165) is 43.1 Å². The summed E-state index contributed by atoms with van der Waals surface area (Å²) in [6.45, 7) is 8.41. The highest BCUT2D eigenvalue weighted by molar-refractivity contribution is 5.75. The van der Waals surface area contributed by atoms with E-state index in [1.807, 2.05) is 0 Å². The van der Waals surface area contributed by atoms with E-state index < -0.39 is 11.4 Å². The van der Waals surface area contributed by atoms with Crippen molar-refractivity contribution < 1.29 is 15.0 Å². The molecule has 4 aliphatic carbocycles. The van der Waals surface area contributed by atoms with Gasteiger partial charge in [-0.3, -0.25) is 0 Å². The number of aliphatic hydroxyl groups is 1. The molecule has 0 heterocycles. The van der Waals surface area contributed by atoms with Gasteiger partial charge in [0.05, 0.1) is 12.1 Å². The van der Waals surface area contributed by atoms with Crippen LogP contribution in [-0.2, 0) is 4.79 Å². The largest absolute Gasteiger partial charge is 0.549 e. The molecule has 4 rings (SSSR count). The fourth-order valence-electron chi connectivity index (χ4n) is 7.49. The third kappa shape index (κ3) is 2.38. The van der Waals surface area contributed by atoms with Crippen LogP contribution in [0.25, 0.3) is 0 Å². The predicted molar refractivity (Wildman–Crippen MR) is 100.0 cm³/mol. The lowest BCUT2D eigenvalue weighted by molar-refractivity contribution is -0.315. The minimum atomic E-state index is -0.950. The Morgan fingerprint density at radius 1 is 1.12 bits per heavy atom. The van der Waals surface area contributed by atoms with E-state index in [9.17, 15) is 15.0 Å². The van der Waals surface area contributed by atoms with Crippen LogP contribution in [0.1, 0.15) is 79.1 Å². The standard InChI is InChI=1S/C23H36O3/c1-21(2,20(25)26)14-9-11-22(3)15(13-14)5-6-16-17-7-8-19(24)23(17,4)12-10-18(16)22/h9,15-19,24H,5-8,10-13H2,1-4H3,(H,25,26)/p-1/t15-,16+,17-,18-,19-,22-,23-/m0/s1. The third-order valence-electron chi connectivity index (χ3n) is 9.58. The summed E-state index contributed by atoms with van der Waals surface area (Å²) in [4.78, 5) is 11.6. The van der Waals surface area contributed by atoms with Crippen LogP contribution in [-0.4, -0.2) is 17.2 Å². The van der Waals surface area contributed by atoms with E-state index in [-0.39, 0.29) is 11.5 Å². The van der Waals surface area contributed by atoms with Crippen molar-refractivity contribution in [2.24, 2.45) is 39.9 Å². The van der Waals surface area contributed by atoms with Crippen molar-refractivity contribution >= 4 is 5.97 Å². The van der Waals surface area contributed by atoms with E-state index in [4.69, 9.17) is 0 Å². The summed E-state index contributed by atoms with van der Waals surface area (Å²) in [5.74, 6) is 1.80. The van der Waals surface area contributed by atoms with Gasteiger partial charge >= 0.3 is 0 Å². The van der Waals surface area contributed by atoms with E-state index in [0.29, 0.717) is 17.3 Å². The van der Waals surface area contributed by atoms with Crippen molar-refractivity contribution in [1.82, 2.24) is 0 Å². The smallest absolute Gasteiger partial charge is 0.0596 e. The second kappa shape index (κ2) is 5.83. The molecule has 0 aromatic rings. The molecular formula is C23H35O3-. The first-order valence-corrected chi connectivity index (χ1v) is 10.7. The topological polar surface area (TPSA) is 60.4 Å². The highest BCUT2D eigenvalue weighted by Crippen LogP contribution is 2.66. The van der Waals surface area contributed by atoms with Crippen LogP contribution >= 0.6 is 0 Å². The molecule has 146 valence electrons. The van der Waals surface area contributed by atoms with Gasteiger partial charge in [-0.15, -0.1) is 0 Å². The first-order chi connectivity index (χ1) is 12.1. The number of carboxylic acid groups (broad SMARTS) is 1. The predicted octanol–water partition coefficient (Wildman–Crippen LogP) is 3.70. The van der Waals surface area contributed by atoms with E-state index in [2.05, 4.69) is 19.9 Å². The van der Waals surface area contributed by atoms with Gasteiger partial charge in [-0.25, -0.2) is 0 Å². The van der Waals surface area contributed by atoms with Crippen molar-refractivity contribution in [3.05, 3.63) is 11.6 Å². The maximum Gasteiger partial charge on any atom is 0.0596 e. The van der Waals surface area contributed by atoms with Crippen molar-refractivity contribution in [2.45, 2.75) is 85.2 Å². The Labute approximate surface area is 158 Å². The van der Waals surface area contributed by atoms with Gasteiger partial charge in [0, 0.05) is 5.41 Å². The summed E-state index contributed by atoms with van der Waals surface area (Å²) >= 11 is 0. The zero-order chi connectivity index (χ0) is 18.9. The van der Waals surface area contributed by atoms with Crippen LogP contribution in [0.15, 0.2) is 11.6 Å². The molecule has 0 radical (unpaired) electrons. The zero-order valence-corrected chi connectivity index (χ0v) is 16.9. The van der Waals surface area contributed by atoms with Crippen LogP contribution in [0.5, 0.6) is 0 Å². The van der Waals surface area contributed by atoms with Gasteiger partial charge in [-0.2, -0.15) is 0 Å². The second-order valence-corrected chi connectivity index (χ2v) is 10.8. The average molecular weight is 360 g/mol. The first kappa shape index (κ1) is 18.5. The Morgan fingerprint density at radius 2 is 1.81 bits per heavy atom. The fourth-order valence-corrected chi connectivity index (χ4v) is 7.49. The lowest BCUT2D eigenvalue weighted by atomic mass is 9.45. The van der Waals surface area contributed by atoms with Crippen molar-refractivity contribution in [3.8, 4) is 0 Å². The number of carboxylic acids is 1. The molecule has 1 N–H and O–H groups in total. The van der Waals surface area contributed by atoms with Crippen molar-refractivity contribution in [1.29, 1.82) is 0 Å². The monoisotopic (exact) mass is 359 g/mol. The summed E-state index contributed by atoms with van der Waals surface area (Å²) in [5, 5.41) is 22.2. The van der Waals surface area contributed by atoms with Gasteiger partial charge in [-0.05, 0) is 85.9 Å². The molecule has 3 saturated carbocycles. The van der Waals surface area contributed by atoms with Gasteiger partial charge in [0.25, 0.3) is 0 Å². The molecule has 0 aromatic carbocycles. The minimum absolute atomic E-state index is 0.110. The average Bonchev–Trinajstić information content (AvgIpc) is 2.89. The molecule has 7 atom stereocenters. The van der Waals surface area contributed by atoms with E-state index in [1.54, 1.807) is 13.8 Å². The van der Waals surface area contributed by atoms with Gasteiger partial charge in [0.2, 0.25) is 0 Å². The summed E-state index contributed by atoms with van der Waals surface area (Å²) in [6, 6.07) is 0. The number of aliphatic hydroxyl groups excluding tert-OH is 1. The van der Waals surface area contributed by atoms with Gasteiger partial charge < -0.3 is 15.0 Å². The van der Waals surface area contributed by atoms with Gasteiger partial charge in [0.15, 0.2) is 0 Å². The SMILES string of the molecule is CC(C)(C(=O)[O-])C1=CC[C@@]2(C)[C@@H](CC[C@H]3[C@@H]2CC[C@]2(C)[C@@H](O)CC[C@@H]32)C1. The summed E-state index contributed by atoms with van der Waals surface area (Å²) in [7, 11) is 0. The lowest BCUT2D eigenvalue weighted by Crippen LogP contribution is -2.53. The molecule has 0 amide bonds. The first-order valence-electron chi connectivity index (χ1n) is 10.7. The maximum atomic E-state index is 11.6. The molecule has 3 fully saturated rings. The Balaban J connectivity index is 1.61. The number of hydrogen-bond donors (Lipinski definition) is 1. The zero-order valence-electron chi connectivity index (χ0n) is 16.9. The Hall–Kier alpha value is -0.830. The number of carbonyl (C=O) groups is 1. The quantitative estimate of drug-likeness (QED) is 0.765. The van der Waals surface area contributed by atoms with Gasteiger partial charge in [0.1, 0.15) is 0 Å². The highest BCUT2D eigenvalue weighted by atomic mass is 16.4. The van der Waals surface area contributed by atoms with Crippen LogP contribution in [0.4, 0.5) is 0 Å². The molecule has 26 heavy (non-hydrogen) atoms. The lowest BCUT2D eigenvalue weighted by Gasteiger charge is -2.60. The number of hydrogen-bond acceptors (Lipinski definition) is 3. The second-order valence-electron chi connectivity index (χ2n) is 10.8. The molecule has 0 spiro atoms. The number of carbonyl (C=O) groups excluding carboxylic acids is 1. The normalized spacial score (nSPS) is 48.2. The van der Waals surface area contributed by atoms with E-state index >= 15 is 0 Å². The van der Waals surface area contributed by atoms with E-state index in [1.165, 1.54) is 25.7 Å². The molecular weight excluding hydrogens is 324 g/mol. The number of allylic oxidation sites excluding steroid dienone is 1. The number of aliphatic carboxylic acids is 1. The number of fused-ring (bicyclic) bond motifs is 5. The Kier molecular flexibility index (Phi) is 4.16. The van der Waals surface area contributed by atoms with Crippen LogP contribution in [0.2, 0.25) is 0 Å². The molecule has 0 saturated heterocycles. The molecule has 3 nitrogen and oxygen atoms in total. The van der Waals surface area contributed by atoms with Crippen molar-refractivity contribution in [3.63, 3.8) is 0 Å². The van der Waals surface area contributed by atoms with Gasteiger partial charge in [-0.1, -0.05) is 39.3 Å². The molecule has 4 aliphatic rings. The Bertz CT molecular complexity index is 635. The van der Waals surface area contributed by atoms with Crippen molar-refractivity contribution in [2.75, 3.05) is 0 Å². The van der Waals surface area contributed by atoms with Crippen LogP contribution in [0, 0.1) is 39.9 Å². The van der Waals surface area contributed by atoms with Crippen LogP contribution < -0.4 is 5.11 Å². The molecule has 0 bridgehead atoms.